The zero-order valence-electron chi connectivity index (χ0n) is 17.9. The Bertz CT molecular complexity index is 1090. The van der Waals surface area contributed by atoms with Gasteiger partial charge in [0.2, 0.25) is 5.91 Å². The van der Waals surface area contributed by atoms with Crippen molar-refractivity contribution in [3.05, 3.63) is 65.7 Å². The van der Waals surface area contributed by atoms with Gasteiger partial charge < -0.3 is 15.4 Å². The van der Waals surface area contributed by atoms with Crippen molar-refractivity contribution in [2.24, 2.45) is 0 Å². The molecule has 0 unspecified atom stereocenters. The van der Waals surface area contributed by atoms with Crippen LogP contribution in [-0.4, -0.2) is 46.6 Å². The van der Waals surface area contributed by atoms with E-state index < -0.39 is 18.0 Å². The maximum Gasteiger partial charge on any atom is 0.414 e. The number of aromatic amines is 1. The van der Waals surface area contributed by atoms with E-state index >= 15 is 0 Å². The summed E-state index contributed by atoms with van der Waals surface area (Å²) in [6.07, 6.45) is 0.628. The van der Waals surface area contributed by atoms with Crippen LogP contribution in [0.4, 0.5) is 14.9 Å². The summed E-state index contributed by atoms with van der Waals surface area (Å²) in [7, 11) is 0. The van der Waals surface area contributed by atoms with E-state index in [0.29, 0.717) is 24.3 Å². The summed E-state index contributed by atoms with van der Waals surface area (Å²) < 4.78 is 20.1. The molecule has 2 heterocycles. The lowest BCUT2D eigenvalue weighted by molar-refractivity contribution is -0.119. The number of hydrogen-bond acceptors (Lipinski definition) is 6. The molecule has 33 heavy (non-hydrogen) atoms. The molecule has 4 rings (SSSR count). The number of benzene rings is 2. The van der Waals surface area contributed by atoms with Crippen LogP contribution in [-0.2, 0) is 22.6 Å². The minimum absolute atomic E-state index is 0. The monoisotopic (exact) mass is 474 g/mol. The van der Waals surface area contributed by atoms with Gasteiger partial charge in [0, 0.05) is 25.6 Å². The first-order chi connectivity index (χ1) is 15.5. The van der Waals surface area contributed by atoms with Crippen molar-refractivity contribution in [1.29, 1.82) is 0 Å². The van der Waals surface area contributed by atoms with Gasteiger partial charge in [0.05, 0.1) is 30.7 Å². The number of nitrogens with one attached hydrogen (secondary N) is 3. The van der Waals surface area contributed by atoms with Gasteiger partial charge in [-0.2, -0.15) is 0 Å². The number of aromatic nitrogens is 3. The van der Waals surface area contributed by atoms with Crippen LogP contribution in [0, 0.1) is 5.82 Å². The SMILES string of the molecule is CC(=O)NC[C@H]1CN(c2ccc(-c3ccc(CNCc4cnn[nH]4)cc3)c(F)c2)C(=O)O1.Cl. The number of cyclic esters (lactones) is 1. The van der Waals surface area contributed by atoms with Crippen molar-refractivity contribution < 1.29 is 18.7 Å². The van der Waals surface area contributed by atoms with Crippen molar-refractivity contribution in [2.45, 2.75) is 26.1 Å². The molecule has 0 radical (unpaired) electrons. The Balaban J connectivity index is 0.00000306. The van der Waals surface area contributed by atoms with Crippen LogP contribution in [0.25, 0.3) is 11.1 Å². The number of hydrogen-bond donors (Lipinski definition) is 3. The van der Waals surface area contributed by atoms with Gasteiger partial charge in [-0.25, -0.2) is 9.18 Å². The summed E-state index contributed by atoms with van der Waals surface area (Å²) >= 11 is 0. The van der Waals surface area contributed by atoms with Gasteiger partial charge in [-0.1, -0.05) is 29.5 Å². The highest BCUT2D eigenvalue weighted by molar-refractivity contribution is 5.90. The van der Waals surface area contributed by atoms with Crippen LogP contribution in [0.2, 0.25) is 0 Å². The predicted molar refractivity (Wildman–Crippen MR) is 122 cm³/mol. The van der Waals surface area contributed by atoms with Gasteiger partial charge in [-0.3, -0.25) is 14.8 Å². The maximum atomic E-state index is 14.9. The molecule has 0 bridgehead atoms. The first-order valence-corrected chi connectivity index (χ1v) is 10.2. The van der Waals surface area contributed by atoms with Crippen LogP contribution in [0.15, 0.2) is 48.7 Å². The smallest absolute Gasteiger partial charge is 0.414 e. The van der Waals surface area contributed by atoms with E-state index in [1.807, 2.05) is 24.3 Å². The van der Waals surface area contributed by atoms with E-state index in [2.05, 4.69) is 26.0 Å². The Hall–Kier alpha value is -3.50. The molecule has 0 aliphatic carbocycles. The zero-order valence-corrected chi connectivity index (χ0v) is 18.7. The van der Waals surface area contributed by atoms with E-state index in [4.69, 9.17) is 4.74 Å². The largest absolute Gasteiger partial charge is 0.442 e. The Morgan fingerprint density at radius 2 is 2.03 bits per heavy atom. The number of carbonyl (C=O) groups is 2. The average Bonchev–Trinajstić information content (AvgIpc) is 3.42. The van der Waals surface area contributed by atoms with E-state index in [-0.39, 0.29) is 31.4 Å². The van der Waals surface area contributed by atoms with E-state index in [0.717, 1.165) is 16.8 Å². The summed E-state index contributed by atoms with van der Waals surface area (Å²) in [6, 6.07) is 12.3. The number of amides is 2. The molecular weight excluding hydrogens is 451 g/mol. The number of rotatable bonds is 8. The highest BCUT2D eigenvalue weighted by atomic mass is 35.5. The molecule has 3 N–H and O–H groups in total. The molecule has 1 aliphatic heterocycles. The molecule has 9 nitrogen and oxygen atoms in total. The molecule has 0 saturated carbocycles. The lowest BCUT2D eigenvalue weighted by Crippen LogP contribution is -2.33. The Kier molecular flexibility index (Phi) is 7.96. The molecule has 1 aromatic heterocycles. The third-order valence-corrected chi connectivity index (χ3v) is 5.09. The number of ether oxygens (including phenoxy) is 1. The molecule has 11 heteroatoms. The molecule has 2 aromatic carbocycles. The van der Waals surface area contributed by atoms with Gasteiger partial charge in [0.1, 0.15) is 11.9 Å². The third kappa shape index (κ3) is 6.05. The van der Waals surface area contributed by atoms with E-state index in [9.17, 15) is 14.0 Å². The number of anilines is 1. The second kappa shape index (κ2) is 10.9. The summed E-state index contributed by atoms with van der Waals surface area (Å²) in [5.41, 5.74) is 3.55. The molecule has 3 aromatic rings. The fourth-order valence-corrected chi connectivity index (χ4v) is 3.45. The average molecular weight is 475 g/mol. The quantitative estimate of drug-likeness (QED) is 0.463. The van der Waals surface area contributed by atoms with Crippen molar-refractivity contribution in [1.82, 2.24) is 26.0 Å². The van der Waals surface area contributed by atoms with Crippen molar-refractivity contribution in [3.63, 3.8) is 0 Å². The third-order valence-electron chi connectivity index (χ3n) is 5.09. The number of H-pyrrole nitrogens is 1. The van der Waals surface area contributed by atoms with Crippen molar-refractivity contribution in [3.8, 4) is 11.1 Å². The van der Waals surface area contributed by atoms with Gasteiger partial charge in [0.15, 0.2) is 0 Å². The fourth-order valence-electron chi connectivity index (χ4n) is 3.45. The highest BCUT2D eigenvalue weighted by Crippen LogP contribution is 2.29. The van der Waals surface area contributed by atoms with Gasteiger partial charge in [-0.05, 0) is 29.3 Å². The van der Waals surface area contributed by atoms with Crippen LogP contribution >= 0.6 is 12.4 Å². The maximum absolute atomic E-state index is 14.9. The number of nitrogens with zero attached hydrogens (tertiary/aromatic N) is 3. The van der Waals surface area contributed by atoms with E-state index in [1.54, 1.807) is 18.3 Å². The number of carbonyl (C=O) groups excluding carboxylic acids is 2. The van der Waals surface area contributed by atoms with Crippen LogP contribution in [0.5, 0.6) is 0 Å². The van der Waals surface area contributed by atoms with Gasteiger partial charge in [-0.15, -0.1) is 17.5 Å². The molecule has 2 amide bonds. The first-order valence-electron chi connectivity index (χ1n) is 10.2. The van der Waals surface area contributed by atoms with E-state index in [1.165, 1.54) is 17.9 Å². The van der Waals surface area contributed by atoms with Crippen LogP contribution < -0.4 is 15.5 Å². The molecule has 1 atom stereocenters. The van der Waals surface area contributed by atoms with Gasteiger partial charge >= 0.3 is 6.09 Å². The summed E-state index contributed by atoms with van der Waals surface area (Å²) in [4.78, 5) is 24.6. The normalized spacial score (nSPS) is 15.2. The number of halogens is 2. The molecule has 1 saturated heterocycles. The fraction of sp³-hybridized carbons (Fsp3) is 0.273. The standard InChI is InChI=1S/C22H23FN6O3.ClH/c1-14(30)25-12-19-13-29(22(31)32-19)18-6-7-20(21(23)8-18)16-4-2-15(3-5-16)9-24-10-17-11-26-28-27-17;/h2-8,11,19,24H,9-10,12-13H2,1H3,(H,25,30)(H,26,27,28);1H/t19-;/m0./s1. The first kappa shape index (κ1) is 24.1. The second-order valence-electron chi connectivity index (χ2n) is 7.50. The van der Waals surface area contributed by atoms with Crippen molar-refractivity contribution in [2.75, 3.05) is 18.0 Å². The topological polar surface area (TPSA) is 112 Å². The molecule has 174 valence electrons. The predicted octanol–water partition coefficient (Wildman–Crippen LogP) is 2.78. The summed E-state index contributed by atoms with van der Waals surface area (Å²) in [5, 5.41) is 16.1. The molecule has 0 spiro atoms. The van der Waals surface area contributed by atoms with Gasteiger partial charge in [0.25, 0.3) is 0 Å². The molecular formula is C22H24ClFN6O3. The lowest BCUT2D eigenvalue weighted by Gasteiger charge is -2.15. The summed E-state index contributed by atoms with van der Waals surface area (Å²) in [5.74, 6) is -0.634. The minimum Gasteiger partial charge on any atom is -0.442 e. The Labute approximate surface area is 196 Å². The summed E-state index contributed by atoms with van der Waals surface area (Å²) in [6.45, 7) is 3.13. The Morgan fingerprint density at radius 3 is 2.70 bits per heavy atom. The minimum atomic E-state index is -0.560. The molecule has 1 aliphatic rings. The zero-order chi connectivity index (χ0) is 22.5. The van der Waals surface area contributed by atoms with Crippen LogP contribution in [0.3, 0.4) is 0 Å². The second-order valence-corrected chi connectivity index (χ2v) is 7.50. The highest BCUT2D eigenvalue weighted by Gasteiger charge is 2.32. The lowest BCUT2D eigenvalue weighted by atomic mass is 10.0. The van der Waals surface area contributed by atoms with Crippen LogP contribution in [0.1, 0.15) is 18.2 Å². The van der Waals surface area contributed by atoms with Crippen molar-refractivity contribution >= 4 is 30.1 Å². The molecule has 1 fully saturated rings. The Morgan fingerprint density at radius 1 is 1.24 bits per heavy atom.